The van der Waals surface area contributed by atoms with Gasteiger partial charge in [-0.15, -0.1) is 12.4 Å². The van der Waals surface area contributed by atoms with Crippen LogP contribution in [0, 0.1) is 11.3 Å². The molecule has 0 aromatic carbocycles. The standard InChI is InChI=1S/C10H20N2O2.ClH/c1-8(5-11)9(13)12-6-10(2)3-4-14-7-10;/h8H,3-7,11H2,1-2H3,(H,12,13);1H. The molecule has 0 saturated carbocycles. The van der Waals surface area contributed by atoms with Crippen molar-refractivity contribution >= 4 is 18.3 Å². The Morgan fingerprint density at radius 1 is 1.67 bits per heavy atom. The normalized spacial score (nSPS) is 26.9. The van der Waals surface area contributed by atoms with E-state index in [4.69, 9.17) is 10.5 Å². The molecule has 0 spiro atoms. The Morgan fingerprint density at radius 2 is 2.33 bits per heavy atom. The van der Waals surface area contributed by atoms with Crippen LogP contribution in [0.3, 0.4) is 0 Å². The molecule has 2 atom stereocenters. The molecule has 0 aromatic rings. The van der Waals surface area contributed by atoms with Crippen LogP contribution in [0.1, 0.15) is 20.3 Å². The second-order valence-electron chi connectivity index (χ2n) is 4.47. The fourth-order valence-electron chi connectivity index (χ4n) is 1.43. The predicted molar refractivity (Wildman–Crippen MR) is 62.0 cm³/mol. The van der Waals surface area contributed by atoms with E-state index in [1.165, 1.54) is 0 Å². The van der Waals surface area contributed by atoms with Crippen molar-refractivity contribution in [3.05, 3.63) is 0 Å². The minimum atomic E-state index is -0.0964. The van der Waals surface area contributed by atoms with Crippen LogP contribution in [0.15, 0.2) is 0 Å². The molecule has 1 aliphatic rings. The molecular weight excluding hydrogens is 216 g/mol. The first-order valence-corrected chi connectivity index (χ1v) is 5.13. The maximum Gasteiger partial charge on any atom is 0.224 e. The lowest BCUT2D eigenvalue weighted by atomic mass is 9.90. The molecule has 1 heterocycles. The maximum atomic E-state index is 11.4. The van der Waals surface area contributed by atoms with Gasteiger partial charge in [0, 0.05) is 31.0 Å². The highest BCUT2D eigenvalue weighted by Gasteiger charge is 2.30. The summed E-state index contributed by atoms with van der Waals surface area (Å²) in [5.41, 5.74) is 5.52. The molecule has 0 radical (unpaired) electrons. The van der Waals surface area contributed by atoms with Gasteiger partial charge in [-0.25, -0.2) is 0 Å². The Labute approximate surface area is 97.3 Å². The van der Waals surface area contributed by atoms with Gasteiger partial charge in [0.2, 0.25) is 5.91 Å². The summed E-state index contributed by atoms with van der Waals surface area (Å²) in [6.45, 7) is 6.61. The molecular formula is C10H21ClN2O2. The van der Waals surface area contributed by atoms with E-state index in [1.54, 1.807) is 0 Å². The Bertz CT molecular complexity index is 206. The lowest BCUT2D eigenvalue weighted by Crippen LogP contribution is -2.40. The number of amides is 1. The monoisotopic (exact) mass is 236 g/mol. The van der Waals surface area contributed by atoms with E-state index in [1.807, 2.05) is 6.92 Å². The van der Waals surface area contributed by atoms with Crippen LogP contribution < -0.4 is 11.1 Å². The highest BCUT2D eigenvalue weighted by molar-refractivity contribution is 5.85. The predicted octanol–water partition coefficient (Wildman–Crippen LogP) is 0.546. The third-order valence-corrected chi connectivity index (χ3v) is 2.79. The van der Waals surface area contributed by atoms with Crippen molar-refractivity contribution < 1.29 is 9.53 Å². The van der Waals surface area contributed by atoms with Gasteiger partial charge < -0.3 is 15.8 Å². The molecule has 0 bridgehead atoms. The second kappa shape index (κ2) is 6.30. The van der Waals surface area contributed by atoms with E-state index in [9.17, 15) is 4.79 Å². The van der Waals surface area contributed by atoms with Crippen LogP contribution in [-0.4, -0.2) is 32.2 Å². The summed E-state index contributed by atoms with van der Waals surface area (Å²) in [6.07, 6.45) is 1.02. The van der Waals surface area contributed by atoms with Gasteiger partial charge in [0.05, 0.1) is 6.61 Å². The van der Waals surface area contributed by atoms with Crippen LogP contribution >= 0.6 is 12.4 Å². The lowest BCUT2D eigenvalue weighted by molar-refractivity contribution is -0.124. The van der Waals surface area contributed by atoms with Crippen molar-refractivity contribution in [3.63, 3.8) is 0 Å². The summed E-state index contributed by atoms with van der Waals surface area (Å²) < 4.78 is 5.30. The number of ether oxygens (including phenoxy) is 1. The van der Waals surface area contributed by atoms with E-state index < -0.39 is 0 Å². The first-order chi connectivity index (χ1) is 6.57. The third-order valence-electron chi connectivity index (χ3n) is 2.79. The number of nitrogens with one attached hydrogen (secondary N) is 1. The van der Waals surface area contributed by atoms with E-state index in [-0.39, 0.29) is 29.6 Å². The number of hydrogen-bond acceptors (Lipinski definition) is 3. The average molecular weight is 237 g/mol. The smallest absolute Gasteiger partial charge is 0.224 e. The molecule has 3 N–H and O–H groups in total. The topological polar surface area (TPSA) is 64.4 Å². The molecule has 2 unspecified atom stereocenters. The quantitative estimate of drug-likeness (QED) is 0.749. The largest absolute Gasteiger partial charge is 0.381 e. The van der Waals surface area contributed by atoms with Crippen LogP contribution in [0.4, 0.5) is 0 Å². The van der Waals surface area contributed by atoms with Crippen molar-refractivity contribution in [1.82, 2.24) is 5.32 Å². The van der Waals surface area contributed by atoms with Crippen LogP contribution in [0.5, 0.6) is 0 Å². The number of nitrogens with two attached hydrogens (primary N) is 1. The molecule has 1 fully saturated rings. The van der Waals surface area contributed by atoms with Crippen molar-refractivity contribution in [3.8, 4) is 0 Å². The molecule has 1 aliphatic heterocycles. The summed E-state index contributed by atoms with van der Waals surface area (Å²) in [6, 6.07) is 0. The number of carbonyl (C=O) groups is 1. The first-order valence-electron chi connectivity index (χ1n) is 5.13. The van der Waals surface area contributed by atoms with Gasteiger partial charge in [0.25, 0.3) is 0 Å². The minimum Gasteiger partial charge on any atom is -0.381 e. The molecule has 15 heavy (non-hydrogen) atoms. The number of hydrogen-bond donors (Lipinski definition) is 2. The molecule has 90 valence electrons. The van der Waals surface area contributed by atoms with Gasteiger partial charge in [0.1, 0.15) is 0 Å². The van der Waals surface area contributed by atoms with Crippen LogP contribution in [0.2, 0.25) is 0 Å². The number of carbonyl (C=O) groups excluding carboxylic acids is 1. The Balaban J connectivity index is 0.00000196. The van der Waals surface area contributed by atoms with Crippen molar-refractivity contribution in [1.29, 1.82) is 0 Å². The Morgan fingerprint density at radius 3 is 2.80 bits per heavy atom. The van der Waals surface area contributed by atoms with Gasteiger partial charge in [-0.05, 0) is 6.42 Å². The second-order valence-corrected chi connectivity index (χ2v) is 4.47. The zero-order valence-electron chi connectivity index (χ0n) is 9.41. The van der Waals surface area contributed by atoms with Gasteiger partial charge in [-0.1, -0.05) is 13.8 Å². The summed E-state index contributed by atoms with van der Waals surface area (Å²) >= 11 is 0. The van der Waals surface area contributed by atoms with Gasteiger partial charge in [0.15, 0.2) is 0 Å². The molecule has 1 amide bonds. The molecule has 0 aromatic heterocycles. The fraction of sp³-hybridized carbons (Fsp3) is 0.900. The van der Waals surface area contributed by atoms with E-state index in [0.29, 0.717) is 13.1 Å². The average Bonchev–Trinajstić information content (AvgIpc) is 2.61. The van der Waals surface area contributed by atoms with Crippen molar-refractivity contribution in [2.24, 2.45) is 17.1 Å². The first kappa shape index (κ1) is 14.7. The summed E-state index contributed by atoms with van der Waals surface area (Å²) in [7, 11) is 0. The van der Waals surface area contributed by atoms with Crippen molar-refractivity contribution in [2.75, 3.05) is 26.3 Å². The van der Waals surface area contributed by atoms with Gasteiger partial charge in [-0.3, -0.25) is 4.79 Å². The molecule has 5 heteroatoms. The van der Waals surface area contributed by atoms with Crippen LogP contribution in [0.25, 0.3) is 0 Å². The summed E-state index contributed by atoms with van der Waals surface area (Å²) in [5.74, 6) is -0.0541. The zero-order valence-corrected chi connectivity index (χ0v) is 10.2. The Kier molecular flexibility index (Phi) is 6.17. The molecule has 0 aliphatic carbocycles. The Hall–Kier alpha value is -0.320. The minimum absolute atomic E-state index is 0. The number of halogens is 1. The summed E-state index contributed by atoms with van der Waals surface area (Å²) in [4.78, 5) is 11.4. The van der Waals surface area contributed by atoms with Gasteiger partial charge in [-0.2, -0.15) is 0 Å². The van der Waals surface area contributed by atoms with Gasteiger partial charge >= 0.3 is 0 Å². The SMILES string of the molecule is CC(CN)C(=O)NCC1(C)CCOC1.Cl. The van der Waals surface area contributed by atoms with Crippen molar-refractivity contribution in [2.45, 2.75) is 20.3 Å². The lowest BCUT2D eigenvalue weighted by Gasteiger charge is -2.22. The zero-order chi connectivity index (χ0) is 10.6. The van der Waals surface area contributed by atoms with E-state index in [0.717, 1.165) is 19.6 Å². The van der Waals surface area contributed by atoms with E-state index in [2.05, 4.69) is 12.2 Å². The van der Waals surface area contributed by atoms with Crippen LogP contribution in [-0.2, 0) is 9.53 Å². The molecule has 4 nitrogen and oxygen atoms in total. The maximum absolute atomic E-state index is 11.4. The highest BCUT2D eigenvalue weighted by atomic mass is 35.5. The molecule has 1 rings (SSSR count). The fourth-order valence-corrected chi connectivity index (χ4v) is 1.43. The molecule has 1 saturated heterocycles. The highest BCUT2D eigenvalue weighted by Crippen LogP contribution is 2.26. The number of rotatable bonds is 4. The third kappa shape index (κ3) is 4.36. The van der Waals surface area contributed by atoms with E-state index >= 15 is 0 Å². The summed E-state index contributed by atoms with van der Waals surface area (Å²) in [5, 5.41) is 2.92.